The van der Waals surface area contributed by atoms with Crippen LogP contribution in [0.3, 0.4) is 0 Å². The number of rotatable bonds is 7. The van der Waals surface area contributed by atoms with Gasteiger partial charge in [0.2, 0.25) is 10.0 Å². The first-order valence-corrected chi connectivity index (χ1v) is 8.62. The van der Waals surface area contributed by atoms with Crippen LogP contribution in [0.4, 0.5) is 0 Å². The van der Waals surface area contributed by atoms with Crippen LogP contribution in [0.5, 0.6) is 0 Å². The van der Waals surface area contributed by atoms with Gasteiger partial charge in [-0.2, -0.15) is 0 Å². The summed E-state index contributed by atoms with van der Waals surface area (Å²) in [5.41, 5.74) is 0.974. The fourth-order valence-corrected chi connectivity index (χ4v) is 3.91. The minimum atomic E-state index is -3.43. The summed E-state index contributed by atoms with van der Waals surface area (Å²) in [6.45, 7) is 5.42. The second kappa shape index (κ2) is 5.84. The lowest BCUT2D eigenvalue weighted by Crippen LogP contribution is -2.33. The molecular formula is C15H24N2O2S. The molecule has 0 bridgehead atoms. The van der Waals surface area contributed by atoms with E-state index in [2.05, 4.69) is 23.9 Å². The quantitative estimate of drug-likeness (QED) is 0.810. The normalized spacial score (nSPS) is 17.4. The van der Waals surface area contributed by atoms with Gasteiger partial charge in [0.1, 0.15) is 0 Å². The molecule has 1 aromatic rings. The summed E-state index contributed by atoms with van der Waals surface area (Å²) in [6, 6.07) is 7.15. The van der Waals surface area contributed by atoms with Crippen LogP contribution in [0.15, 0.2) is 29.2 Å². The molecule has 1 aliphatic rings. The van der Waals surface area contributed by atoms with Crippen molar-refractivity contribution in [3.8, 4) is 0 Å². The minimum absolute atomic E-state index is 0.172. The van der Waals surface area contributed by atoms with Crippen molar-refractivity contribution in [2.24, 2.45) is 11.3 Å². The van der Waals surface area contributed by atoms with Gasteiger partial charge in [0.25, 0.3) is 0 Å². The van der Waals surface area contributed by atoms with Crippen molar-refractivity contribution in [3.63, 3.8) is 0 Å². The SMILES string of the molecule is CNCc1ccccc1S(=O)(=O)NCC1(C(C)C)CC1. The average Bonchev–Trinajstić information content (AvgIpc) is 3.19. The van der Waals surface area contributed by atoms with E-state index in [9.17, 15) is 8.42 Å². The van der Waals surface area contributed by atoms with Crippen molar-refractivity contribution < 1.29 is 8.42 Å². The lowest BCUT2D eigenvalue weighted by molar-refractivity contribution is 0.357. The molecule has 1 fully saturated rings. The van der Waals surface area contributed by atoms with Crippen molar-refractivity contribution in [2.45, 2.75) is 38.1 Å². The first-order chi connectivity index (χ1) is 9.41. The second-order valence-electron chi connectivity index (χ2n) is 5.98. The maximum atomic E-state index is 12.5. The zero-order valence-corrected chi connectivity index (χ0v) is 13.3. The Bertz CT molecular complexity index is 563. The van der Waals surface area contributed by atoms with Gasteiger partial charge in [0.15, 0.2) is 0 Å². The lowest BCUT2D eigenvalue weighted by Gasteiger charge is -2.20. The largest absolute Gasteiger partial charge is 0.316 e. The predicted octanol–water partition coefficient (Wildman–Crippen LogP) is 2.12. The fraction of sp³-hybridized carbons (Fsp3) is 0.600. The molecule has 4 nitrogen and oxygen atoms in total. The van der Waals surface area contributed by atoms with E-state index in [1.807, 2.05) is 19.2 Å². The third kappa shape index (κ3) is 3.22. The zero-order chi connectivity index (χ0) is 14.8. The van der Waals surface area contributed by atoms with Crippen LogP contribution in [0.2, 0.25) is 0 Å². The van der Waals surface area contributed by atoms with E-state index in [1.54, 1.807) is 12.1 Å². The van der Waals surface area contributed by atoms with Gasteiger partial charge < -0.3 is 5.32 Å². The molecule has 20 heavy (non-hydrogen) atoms. The summed E-state index contributed by atoms with van der Waals surface area (Å²) in [5, 5.41) is 3.01. The predicted molar refractivity (Wildman–Crippen MR) is 80.9 cm³/mol. The Morgan fingerprint density at radius 3 is 2.45 bits per heavy atom. The average molecular weight is 296 g/mol. The van der Waals surface area contributed by atoms with E-state index in [4.69, 9.17) is 0 Å². The van der Waals surface area contributed by atoms with Gasteiger partial charge >= 0.3 is 0 Å². The monoisotopic (exact) mass is 296 g/mol. The van der Waals surface area contributed by atoms with Gasteiger partial charge in [-0.3, -0.25) is 0 Å². The first-order valence-electron chi connectivity index (χ1n) is 7.13. The van der Waals surface area contributed by atoms with E-state index in [0.29, 0.717) is 23.9 Å². The van der Waals surface area contributed by atoms with Crippen molar-refractivity contribution in [1.29, 1.82) is 0 Å². The third-order valence-corrected chi connectivity index (χ3v) is 5.86. The van der Waals surface area contributed by atoms with Crippen LogP contribution in [0.25, 0.3) is 0 Å². The van der Waals surface area contributed by atoms with Crippen molar-refractivity contribution >= 4 is 10.0 Å². The van der Waals surface area contributed by atoms with Gasteiger partial charge in [-0.05, 0) is 42.9 Å². The Morgan fingerprint density at radius 2 is 1.90 bits per heavy atom. The van der Waals surface area contributed by atoms with E-state index in [-0.39, 0.29) is 5.41 Å². The maximum absolute atomic E-state index is 12.5. The highest BCUT2D eigenvalue weighted by molar-refractivity contribution is 7.89. The van der Waals surface area contributed by atoms with Gasteiger partial charge in [0.05, 0.1) is 4.90 Å². The van der Waals surface area contributed by atoms with Crippen LogP contribution in [-0.2, 0) is 16.6 Å². The first kappa shape index (κ1) is 15.5. The molecule has 0 radical (unpaired) electrons. The molecule has 0 atom stereocenters. The summed E-state index contributed by atoms with van der Waals surface area (Å²) >= 11 is 0. The molecule has 0 amide bonds. The van der Waals surface area contributed by atoms with Gasteiger partial charge in [-0.1, -0.05) is 32.0 Å². The van der Waals surface area contributed by atoms with E-state index in [0.717, 1.165) is 18.4 Å². The molecule has 0 unspecified atom stereocenters. The number of hydrogen-bond donors (Lipinski definition) is 2. The molecule has 2 rings (SSSR count). The Kier molecular flexibility index (Phi) is 4.52. The lowest BCUT2D eigenvalue weighted by atomic mass is 9.93. The molecule has 112 valence electrons. The summed E-state index contributed by atoms with van der Waals surface area (Å²) in [4.78, 5) is 0.383. The van der Waals surface area contributed by atoms with Crippen LogP contribution in [0.1, 0.15) is 32.3 Å². The summed E-state index contributed by atoms with van der Waals surface area (Å²) in [7, 11) is -1.62. The second-order valence-corrected chi connectivity index (χ2v) is 7.72. The highest BCUT2D eigenvalue weighted by Gasteiger charge is 2.45. The molecule has 0 aromatic heterocycles. The van der Waals surface area contributed by atoms with Crippen molar-refractivity contribution in [3.05, 3.63) is 29.8 Å². The van der Waals surface area contributed by atoms with Crippen molar-refractivity contribution in [2.75, 3.05) is 13.6 Å². The van der Waals surface area contributed by atoms with E-state index in [1.165, 1.54) is 0 Å². The molecule has 0 heterocycles. The molecule has 1 saturated carbocycles. The van der Waals surface area contributed by atoms with Crippen LogP contribution in [0, 0.1) is 11.3 Å². The molecule has 2 N–H and O–H groups in total. The number of nitrogens with one attached hydrogen (secondary N) is 2. The summed E-state index contributed by atoms with van der Waals surface area (Å²) in [6.07, 6.45) is 2.23. The van der Waals surface area contributed by atoms with Crippen molar-refractivity contribution in [1.82, 2.24) is 10.0 Å². The van der Waals surface area contributed by atoms with E-state index >= 15 is 0 Å². The molecule has 1 aliphatic carbocycles. The number of sulfonamides is 1. The van der Waals surface area contributed by atoms with Crippen LogP contribution >= 0.6 is 0 Å². The van der Waals surface area contributed by atoms with Gasteiger partial charge in [0, 0.05) is 13.1 Å². The van der Waals surface area contributed by atoms with E-state index < -0.39 is 10.0 Å². The smallest absolute Gasteiger partial charge is 0.240 e. The number of hydrogen-bond acceptors (Lipinski definition) is 3. The van der Waals surface area contributed by atoms with Crippen LogP contribution < -0.4 is 10.0 Å². The zero-order valence-electron chi connectivity index (χ0n) is 12.4. The Labute approximate surface area is 122 Å². The molecule has 5 heteroatoms. The molecule has 0 aliphatic heterocycles. The molecule has 1 aromatic carbocycles. The van der Waals surface area contributed by atoms with Crippen LogP contribution in [-0.4, -0.2) is 22.0 Å². The van der Waals surface area contributed by atoms with Gasteiger partial charge in [-0.15, -0.1) is 0 Å². The molecule has 0 spiro atoms. The Balaban J connectivity index is 2.15. The number of benzene rings is 1. The molecule has 0 saturated heterocycles. The minimum Gasteiger partial charge on any atom is -0.316 e. The highest BCUT2D eigenvalue weighted by atomic mass is 32.2. The third-order valence-electron chi connectivity index (χ3n) is 4.36. The Hall–Kier alpha value is -0.910. The standard InChI is InChI=1S/C15H24N2O2S/c1-12(2)15(8-9-15)11-17-20(18,19)14-7-5-4-6-13(14)10-16-3/h4-7,12,16-17H,8-11H2,1-3H3. The topological polar surface area (TPSA) is 58.2 Å². The van der Waals surface area contributed by atoms with Gasteiger partial charge in [-0.25, -0.2) is 13.1 Å². The highest BCUT2D eigenvalue weighted by Crippen LogP contribution is 2.51. The Morgan fingerprint density at radius 1 is 1.25 bits per heavy atom. The molecular weight excluding hydrogens is 272 g/mol. The summed E-state index contributed by atoms with van der Waals surface area (Å²) in [5.74, 6) is 0.512. The fourth-order valence-electron chi connectivity index (χ4n) is 2.54. The summed E-state index contributed by atoms with van der Waals surface area (Å²) < 4.78 is 27.8. The maximum Gasteiger partial charge on any atom is 0.240 e.